The van der Waals surface area contributed by atoms with Gasteiger partial charge in [0.25, 0.3) is 0 Å². The second-order valence-electron chi connectivity index (χ2n) is 3.51. The van der Waals surface area contributed by atoms with Crippen LogP contribution in [0.5, 0.6) is 0 Å². The van der Waals surface area contributed by atoms with Crippen LogP contribution in [0.3, 0.4) is 0 Å². The predicted octanol–water partition coefficient (Wildman–Crippen LogP) is 3.66. The van der Waals surface area contributed by atoms with Gasteiger partial charge in [0.1, 0.15) is 0 Å². The summed E-state index contributed by atoms with van der Waals surface area (Å²) in [6.07, 6.45) is 4.06. The van der Waals surface area contributed by atoms with Gasteiger partial charge in [-0.2, -0.15) is 5.26 Å². The maximum atomic E-state index is 8.68. The fourth-order valence-electron chi connectivity index (χ4n) is 1.54. The summed E-state index contributed by atoms with van der Waals surface area (Å²) in [6.45, 7) is 0. The van der Waals surface area contributed by atoms with Crippen LogP contribution in [0.25, 0.3) is 5.57 Å². The molecule has 0 aromatic heterocycles. The molecule has 1 fully saturated rings. The van der Waals surface area contributed by atoms with Gasteiger partial charge in [-0.25, -0.2) is 0 Å². The first-order valence-electron chi connectivity index (χ1n) is 4.67. The zero-order valence-corrected chi connectivity index (χ0v) is 8.46. The van der Waals surface area contributed by atoms with E-state index in [1.807, 2.05) is 24.3 Å². The van der Waals surface area contributed by atoms with Gasteiger partial charge in [0.2, 0.25) is 0 Å². The van der Waals surface area contributed by atoms with Crippen molar-refractivity contribution < 1.29 is 0 Å². The molecular formula is C12H10ClN. The Hall–Kier alpha value is -1.26. The molecule has 2 heteroatoms. The SMILES string of the molecule is N#CC=C(c1ccc(Cl)cc1)C1CC1. The Morgan fingerprint density at radius 1 is 1.36 bits per heavy atom. The first-order valence-corrected chi connectivity index (χ1v) is 5.04. The topological polar surface area (TPSA) is 23.8 Å². The number of rotatable bonds is 2. The minimum absolute atomic E-state index is 0.593. The van der Waals surface area contributed by atoms with E-state index in [-0.39, 0.29) is 0 Å². The fourth-order valence-corrected chi connectivity index (χ4v) is 1.67. The Morgan fingerprint density at radius 2 is 2.00 bits per heavy atom. The van der Waals surface area contributed by atoms with E-state index >= 15 is 0 Å². The molecule has 0 N–H and O–H groups in total. The molecule has 1 aromatic carbocycles. The van der Waals surface area contributed by atoms with Gasteiger partial charge in [0.15, 0.2) is 0 Å². The van der Waals surface area contributed by atoms with Crippen molar-refractivity contribution in [2.75, 3.05) is 0 Å². The number of nitrogens with zero attached hydrogens (tertiary/aromatic N) is 1. The van der Waals surface area contributed by atoms with E-state index in [0.29, 0.717) is 5.92 Å². The van der Waals surface area contributed by atoms with Crippen LogP contribution in [0.4, 0.5) is 0 Å². The average molecular weight is 204 g/mol. The van der Waals surface area contributed by atoms with Crippen LogP contribution in [0.15, 0.2) is 30.3 Å². The van der Waals surface area contributed by atoms with E-state index in [2.05, 4.69) is 6.07 Å². The third kappa shape index (κ3) is 1.97. The van der Waals surface area contributed by atoms with Crippen LogP contribution in [-0.4, -0.2) is 0 Å². The molecule has 0 spiro atoms. The first kappa shape index (κ1) is 9.30. The minimum Gasteiger partial charge on any atom is -0.193 e. The number of allylic oxidation sites excluding steroid dienone is 2. The molecule has 1 aromatic rings. The lowest BCUT2D eigenvalue weighted by Gasteiger charge is -2.03. The van der Waals surface area contributed by atoms with Crippen molar-refractivity contribution in [1.82, 2.24) is 0 Å². The number of benzene rings is 1. The van der Waals surface area contributed by atoms with E-state index in [0.717, 1.165) is 16.2 Å². The maximum absolute atomic E-state index is 8.68. The zero-order chi connectivity index (χ0) is 9.97. The molecular weight excluding hydrogens is 194 g/mol. The van der Waals surface area contributed by atoms with Crippen LogP contribution >= 0.6 is 11.6 Å². The molecule has 0 heterocycles. The highest BCUT2D eigenvalue weighted by Crippen LogP contribution is 2.41. The molecule has 0 unspecified atom stereocenters. The molecule has 1 aliphatic rings. The molecule has 1 aliphatic carbocycles. The second kappa shape index (κ2) is 3.86. The fraction of sp³-hybridized carbons (Fsp3) is 0.250. The maximum Gasteiger partial charge on any atom is 0.0915 e. The molecule has 0 aliphatic heterocycles. The van der Waals surface area contributed by atoms with Gasteiger partial charge in [-0.15, -0.1) is 0 Å². The summed E-state index contributed by atoms with van der Waals surface area (Å²) in [4.78, 5) is 0. The van der Waals surface area contributed by atoms with Gasteiger partial charge >= 0.3 is 0 Å². The molecule has 1 saturated carbocycles. The highest BCUT2D eigenvalue weighted by atomic mass is 35.5. The van der Waals surface area contributed by atoms with E-state index < -0.39 is 0 Å². The highest BCUT2D eigenvalue weighted by Gasteiger charge is 2.26. The molecule has 0 atom stereocenters. The van der Waals surface area contributed by atoms with Crippen molar-refractivity contribution >= 4 is 17.2 Å². The zero-order valence-electron chi connectivity index (χ0n) is 7.70. The molecule has 0 radical (unpaired) electrons. The number of hydrogen-bond donors (Lipinski definition) is 0. The quantitative estimate of drug-likeness (QED) is 0.673. The predicted molar refractivity (Wildman–Crippen MR) is 57.8 cm³/mol. The van der Waals surface area contributed by atoms with Crippen molar-refractivity contribution in [3.8, 4) is 6.07 Å². The monoisotopic (exact) mass is 203 g/mol. The van der Waals surface area contributed by atoms with E-state index in [1.54, 1.807) is 6.08 Å². The number of halogens is 1. The molecule has 14 heavy (non-hydrogen) atoms. The Balaban J connectivity index is 2.32. The van der Waals surface area contributed by atoms with Gasteiger partial charge in [0, 0.05) is 11.1 Å². The van der Waals surface area contributed by atoms with E-state index in [4.69, 9.17) is 16.9 Å². The average Bonchev–Trinajstić information content (AvgIpc) is 2.99. The number of nitriles is 1. The Morgan fingerprint density at radius 3 is 2.50 bits per heavy atom. The summed E-state index contributed by atoms with van der Waals surface area (Å²) in [5, 5.41) is 9.41. The van der Waals surface area contributed by atoms with Crippen LogP contribution in [0.2, 0.25) is 5.02 Å². The molecule has 0 bridgehead atoms. The summed E-state index contributed by atoms with van der Waals surface area (Å²) in [5.74, 6) is 0.593. The van der Waals surface area contributed by atoms with Gasteiger partial charge in [-0.3, -0.25) is 0 Å². The summed E-state index contributed by atoms with van der Waals surface area (Å²) in [6, 6.07) is 9.79. The smallest absolute Gasteiger partial charge is 0.0915 e. The normalized spacial score (nSPS) is 16.4. The van der Waals surface area contributed by atoms with Crippen LogP contribution in [0, 0.1) is 17.2 Å². The standard InChI is InChI=1S/C12H10ClN/c13-11-5-3-10(4-6-11)12(7-8-14)9-1-2-9/h3-7,9H,1-2H2. The Kier molecular flexibility index (Phi) is 2.56. The lowest BCUT2D eigenvalue weighted by atomic mass is 10.0. The molecule has 2 rings (SSSR count). The Labute approximate surface area is 88.6 Å². The van der Waals surface area contributed by atoms with Gasteiger partial charge in [0.05, 0.1) is 6.07 Å². The number of hydrogen-bond acceptors (Lipinski definition) is 1. The van der Waals surface area contributed by atoms with Crippen LogP contribution < -0.4 is 0 Å². The summed E-state index contributed by atoms with van der Waals surface area (Å²) in [5.41, 5.74) is 2.28. The van der Waals surface area contributed by atoms with E-state index in [1.165, 1.54) is 12.8 Å². The van der Waals surface area contributed by atoms with Crippen molar-refractivity contribution in [1.29, 1.82) is 5.26 Å². The lowest BCUT2D eigenvalue weighted by Crippen LogP contribution is -1.85. The van der Waals surface area contributed by atoms with Crippen LogP contribution in [-0.2, 0) is 0 Å². The molecule has 0 amide bonds. The second-order valence-corrected chi connectivity index (χ2v) is 3.95. The highest BCUT2D eigenvalue weighted by molar-refractivity contribution is 6.30. The van der Waals surface area contributed by atoms with Gasteiger partial charge in [-0.1, -0.05) is 23.7 Å². The third-order valence-corrected chi connectivity index (χ3v) is 2.67. The first-order chi connectivity index (χ1) is 6.81. The van der Waals surface area contributed by atoms with Crippen molar-refractivity contribution in [2.45, 2.75) is 12.8 Å². The van der Waals surface area contributed by atoms with Crippen LogP contribution in [0.1, 0.15) is 18.4 Å². The summed E-state index contributed by atoms with van der Waals surface area (Å²) < 4.78 is 0. The largest absolute Gasteiger partial charge is 0.193 e. The third-order valence-electron chi connectivity index (χ3n) is 2.41. The molecule has 0 saturated heterocycles. The van der Waals surface area contributed by atoms with Crippen molar-refractivity contribution in [3.05, 3.63) is 40.9 Å². The molecule has 1 nitrogen and oxygen atoms in total. The van der Waals surface area contributed by atoms with Crippen molar-refractivity contribution in [3.63, 3.8) is 0 Å². The van der Waals surface area contributed by atoms with Crippen molar-refractivity contribution in [2.24, 2.45) is 5.92 Å². The minimum atomic E-state index is 0.593. The van der Waals surface area contributed by atoms with Gasteiger partial charge in [-0.05, 0) is 42.0 Å². The van der Waals surface area contributed by atoms with Gasteiger partial charge < -0.3 is 0 Å². The lowest BCUT2D eigenvalue weighted by molar-refractivity contribution is 1.15. The summed E-state index contributed by atoms with van der Waals surface area (Å²) in [7, 11) is 0. The Bertz CT molecular complexity index is 393. The molecule has 70 valence electrons. The van der Waals surface area contributed by atoms with E-state index in [9.17, 15) is 0 Å². The summed E-state index contributed by atoms with van der Waals surface area (Å²) >= 11 is 5.80.